The molecule has 21 heavy (non-hydrogen) atoms. The molecule has 0 aromatic carbocycles. The molecule has 2 saturated heterocycles. The molecule has 0 aromatic heterocycles. The lowest BCUT2D eigenvalue weighted by Crippen LogP contribution is -2.44. The second-order valence-electron chi connectivity index (χ2n) is 6.17. The molecule has 0 spiro atoms. The quantitative estimate of drug-likeness (QED) is 0.722. The van der Waals surface area contributed by atoms with E-state index >= 15 is 0 Å². The van der Waals surface area contributed by atoms with Crippen molar-refractivity contribution in [3.05, 3.63) is 0 Å². The van der Waals surface area contributed by atoms with Crippen molar-refractivity contribution in [2.75, 3.05) is 52.7 Å². The fraction of sp³-hybridized carbons (Fsp3) is 0.923. The molecular weight excluding hydrogens is 296 g/mol. The predicted molar refractivity (Wildman–Crippen MR) is 77.5 cm³/mol. The van der Waals surface area contributed by atoms with Crippen LogP contribution in [-0.4, -0.2) is 81.4 Å². The van der Waals surface area contributed by atoms with E-state index in [1.807, 2.05) is 0 Å². The number of hydrogen-bond acceptors (Lipinski definition) is 5. The largest absolute Gasteiger partial charge is 0.481 e. The van der Waals surface area contributed by atoms with Gasteiger partial charge in [-0.1, -0.05) is 0 Å². The smallest absolute Gasteiger partial charge is 0.311 e. The number of ether oxygens (including phenoxy) is 1. The molecule has 2 fully saturated rings. The van der Waals surface area contributed by atoms with Gasteiger partial charge >= 0.3 is 5.97 Å². The Morgan fingerprint density at radius 3 is 2.76 bits per heavy atom. The number of rotatable bonds is 6. The molecule has 2 aliphatic heterocycles. The van der Waals surface area contributed by atoms with E-state index in [1.165, 1.54) is 18.4 Å². The molecule has 7 nitrogen and oxygen atoms in total. The van der Waals surface area contributed by atoms with Crippen molar-refractivity contribution >= 4 is 16.0 Å². The number of carbonyl (C=O) groups is 1. The van der Waals surface area contributed by atoms with Crippen LogP contribution < -0.4 is 0 Å². The molecule has 0 bridgehead atoms. The van der Waals surface area contributed by atoms with Crippen molar-refractivity contribution in [3.63, 3.8) is 0 Å². The van der Waals surface area contributed by atoms with Gasteiger partial charge in [-0.05, 0) is 19.4 Å². The molecular formula is C13H24N2O5S. The minimum absolute atomic E-state index is 0.00852. The van der Waals surface area contributed by atoms with Gasteiger partial charge in [0.15, 0.2) is 0 Å². The zero-order chi connectivity index (χ0) is 15.7. The van der Waals surface area contributed by atoms with Gasteiger partial charge in [-0.3, -0.25) is 4.79 Å². The normalized spacial score (nSPS) is 30.5. The number of carboxylic acid groups (broad SMARTS) is 1. The number of fused-ring (bicyclic) bond motifs is 1. The number of carboxylic acids is 1. The maximum Gasteiger partial charge on any atom is 0.311 e. The van der Waals surface area contributed by atoms with E-state index in [0.717, 1.165) is 0 Å². The first-order valence-electron chi connectivity index (χ1n) is 7.22. The van der Waals surface area contributed by atoms with E-state index in [1.54, 1.807) is 0 Å². The lowest BCUT2D eigenvalue weighted by atomic mass is 9.74. The summed E-state index contributed by atoms with van der Waals surface area (Å²) in [7, 11) is -0.133. The Morgan fingerprint density at radius 1 is 1.48 bits per heavy atom. The summed E-state index contributed by atoms with van der Waals surface area (Å²) in [6, 6.07) is 0. The van der Waals surface area contributed by atoms with Gasteiger partial charge in [0.2, 0.25) is 10.0 Å². The lowest BCUT2D eigenvalue weighted by Gasteiger charge is -2.34. The molecule has 2 atom stereocenters. The van der Waals surface area contributed by atoms with Crippen molar-refractivity contribution in [2.24, 2.45) is 11.3 Å². The maximum absolute atomic E-state index is 11.7. The minimum Gasteiger partial charge on any atom is -0.481 e. The summed E-state index contributed by atoms with van der Waals surface area (Å²) < 4.78 is 30.1. The monoisotopic (exact) mass is 320 g/mol. The fourth-order valence-corrected chi connectivity index (χ4v) is 4.09. The van der Waals surface area contributed by atoms with E-state index < -0.39 is 21.4 Å². The average molecular weight is 320 g/mol. The average Bonchev–Trinajstić information content (AvgIpc) is 2.77. The van der Waals surface area contributed by atoms with Crippen LogP contribution in [0.5, 0.6) is 0 Å². The van der Waals surface area contributed by atoms with Gasteiger partial charge in [0, 0.05) is 39.7 Å². The van der Waals surface area contributed by atoms with Crippen LogP contribution in [0.2, 0.25) is 0 Å². The summed E-state index contributed by atoms with van der Waals surface area (Å²) >= 11 is 0. The fourth-order valence-electron chi connectivity index (χ4n) is 3.23. The van der Waals surface area contributed by atoms with Crippen LogP contribution in [0.4, 0.5) is 0 Å². The highest BCUT2D eigenvalue weighted by Gasteiger charge is 2.53. The Balaban J connectivity index is 1.91. The lowest BCUT2D eigenvalue weighted by molar-refractivity contribution is -0.157. The first-order chi connectivity index (χ1) is 9.78. The summed E-state index contributed by atoms with van der Waals surface area (Å²) in [5.74, 6) is -0.647. The van der Waals surface area contributed by atoms with E-state index in [2.05, 4.69) is 4.90 Å². The van der Waals surface area contributed by atoms with E-state index in [4.69, 9.17) is 4.74 Å². The Morgan fingerprint density at radius 2 is 2.19 bits per heavy atom. The molecule has 2 heterocycles. The highest BCUT2D eigenvalue weighted by atomic mass is 32.2. The molecule has 122 valence electrons. The van der Waals surface area contributed by atoms with Crippen LogP contribution in [0.1, 0.15) is 12.8 Å². The van der Waals surface area contributed by atoms with Gasteiger partial charge in [0.25, 0.3) is 0 Å². The Labute approximate surface area is 125 Å². The molecule has 0 radical (unpaired) electrons. The first kappa shape index (κ1) is 16.7. The molecule has 0 unspecified atom stereocenters. The van der Waals surface area contributed by atoms with Crippen LogP contribution in [0.15, 0.2) is 0 Å². The van der Waals surface area contributed by atoms with Crippen molar-refractivity contribution in [1.82, 2.24) is 9.21 Å². The zero-order valence-electron chi connectivity index (χ0n) is 12.6. The summed E-state index contributed by atoms with van der Waals surface area (Å²) in [6.07, 6.45) is 1.06. The number of likely N-dealkylation sites (tertiary alicyclic amines) is 1. The number of hydrogen-bond donors (Lipinski definition) is 1. The van der Waals surface area contributed by atoms with Crippen molar-refractivity contribution in [2.45, 2.75) is 12.8 Å². The zero-order valence-corrected chi connectivity index (χ0v) is 13.4. The van der Waals surface area contributed by atoms with Crippen molar-refractivity contribution < 1.29 is 23.1 Å². The van der Waals surface area contributed by atoms with Gasteiger partial charge in [-0.15, -0.1) is 0 Å². The number of nitrogens with zero attached hydrogens (tertiary/aromatic N) is 2. The van der Waals surface area contributed by atoms with Crippen LogP contribution in [0.3, 0.4) is 0 Å². The number of sulfonamides is 1. The number of aliphatic carboxylic acids is 1. The summed E-state index contributed by atoms with van der Waals surface area (Å²) in [6.45, 7) is 2.76. The van der Waals surface area contributed by atoms with Gasteiger partial charge in [0.1, 0.15) is 0 Å². The highest BCUT2D eigenvalue weighted by molar-refractivity contribution is 7.89. The molecule has 0 aromatic rings. The van der Waals surface area contributed by atoms with Gasteiger partial charge < -0.3 is 14.7 Å². The van der Waals surface area contributed by atoms with Crippen LogP contribution >= 0.6 is 0 Å². The van der Waals surface area contributed by atoms with Crippen molar-refractivity contribution in [1.29, 1.82) is 0 Å². The van der Waals surface area contributed by atoms with Crippen LogP contribution in [-0.2, 0) is 19.6 Å². The Bertz CT molecular complexity index is 493. The maximum atomic E-state index is 11.7. The SMILES string of the molecule is CN(C)S(=O)(=O)CCCN1C[C@@H]2COCC[C@]2(C(=O)O)C1. The molecule has 2 rings (SSSR count). The summed E-state index contributed by atoms with van der Waals surface area (Å²) in [5, 5.41) is 9.56. The molecule has 1 N–H and O–H groups in total. The second-order valence-corrected chi connectivity index (χ2v) is 8.47. The van der Waals surface area contributed by atoms with E-state index in [-0.39, 0.29) is 11.7 Å². The highest BCUT2D eigenvalue weighted by Crippen LogP contribution is 2.42. The molecule has 8 heteroatoms. The van der Waals surface area contributed by atoms with Crippen LogP contribution in [0, 0.1) is 11.3 Å². The molecule has 0 saturated carbocycles. The Hall–Kier alpha value is -0.700. The van der Waals surface area contributed by atoms with E-state index in [9.17, 15) is 18.3 Å². The molecule has 0 amide bonds. The predicted octanol–water partition coefficient (Wildman–Crippen LogP) is -0.309. The van der Waals surface area contributed by atoms with Gasteiger partial charge in [-0.25, -0.2) is 12.7 Å². The summed E-state index contributed by atoms with van der Waals surface area (Å²) in [5.41, 5.74) is -0.710. The third kappa shape index (κ3) is 3.39. The van der Waals surface area contributed by atoms with Crippen LogP contribution in [0.25, 0.3) is 0 Å². The molecule has 0 aliphatic carbocycles. The minimum atomic E-state index is -3.18. The van der Waals surface area contributed by atoms with Gasteiger partial charge in [-0.2, -0.15) is 0 Å². The summed E-state index contributed by atoms with van der Waals surface area (Å²) in [4.78, 5) is 13.7. The van der Waals surface area contributed by atoms with Gasteiger partial charge in [0.05, 0.1) is 17.8 Å². The second kappa shape index (κ2) is 6.20. The van der Waals surface area contributed by atoms with E-state index in [0.29, 0.717) is 45.7 Å². The topological polar surface area (TPSA) is 87.2 Å². The Kier molecular flexibility index (Phi) is 4.92. The molecule has 2 aliphatic rings. The first-order valence-corrected chi connectivity index (χ1v) is 8.82. The third-order valence-electron chi connectivity index (χ3n) is 4.64. The standard InChI is InChI=1S/C13H24N2O5S/c1-14(2)21(18,19)7-3-5-15-8-11-9-20-6-4-13(11,10-15)12(16)17/h11H,3-10H2,1-2H3,(H,16,17)/t11-,13+/m1/s1. The third-order valence-corrected chi connectivity index (χ3v) is 6.55. The van der Waals surface area contributed by atoms with Crippen molar-refractivity contribution in [3.8, 4) is 0 Å².